The van der Waals surface area contributed by atoms with Crippen LogP contribution in [0.3, 0.4) is 0 Å². The van der Waals surface area contributed by atoms with E-state index in [1.165, 1.54) is 4.88 Å². The van der Waals surface area contributed by atoms with Crippen LogP contribution in [0.25, 0.3) is 10.2 Å². The largest absolute Gasteiger partial charge is 0.395 e. The SMILES string of the molecule is CNc1nc(NCCO)c2cc(C)sc2n1. The number of aryl methyl sites for hydroxylation is 1. The highest BCUT2D eigenvalue weighted by atomic mass is 32.1. The van der Waals surface area contributed by atoms with Crippen molar-refractivity contribution < 1.29 is 5.11 Å². The summed E-state index contributed by atoms with van der Waals surface area (Å²) in [4.78, 5) is 10.9. The van der Waals surface area contributed by atoms with E-state index < -0.39 is 0 Å². The van der Waals surface area contributed by atoms with Gasteiger partial charge in [0.1, 0.15) is 10.6 Å². The molecule has 2 aromatic rings. The van der Waals surface area contributed by atoms with Gasteiger partial charge in [-0.05, 0) is 13.0 Å². The van der Waals surface area contributed by atoms with Crippen molar-refractivity contribution in [1.82, 2.24) is 9.97 Å². The lowest BCUT2D eigenvalue weighted by atomic mass is 10.3. The molecule has 0 amide bonds. The molecule has 0 fully saturated rings. The van der Waals surface area contributed by atoms with Gasteiger partial charge >= 0.3 is 0 Å². The van der Waals surface area contributed by atoms with Crippen LogP contribution in [0.4, 0.5) is 11.8 Å². The zero-order chi connectivity index (χ0) is 11.5. The Balaban J connectivity index is 2.49. The van der Waals surface area contributed by atoms with Crippen LogP contribution in [-0.4, -0.2) is 35.3 Å². The molecule has 3 N–H and O–H groups in total. The van der Waals surface area contributed by atoms with Gasteiger partial charge in [-0.1, -0.05) is 0 Å². The van der Waals surface area contributed by atoms with Crippen LogP contribution in [-0.2, 0) is 0 Å². The molecule has 2 heterocycles. The lowest BCUT2D eigenvalue weighted by Crippen LogP contribution is -2.08. The van der Waals surface area contributed by atoms with Gasteiger partial charge < -0.3 is 15.7 Å². The quantitative estimate of drug-likeness (QED) is 0.752. The lowest BCUT2D eigenvalue weighted by Gasteiger charge is -2.06. The first-order valence-electron chi connectivity index (χ1n) is 5.05. The molecule has 0 saturated carbocycles. The number of fused-ring (bicyclic) bond motifs is 1. The smallest absolute Gasteiger partial charge is 0.225 e. The van der Waals surface area contributed by atoms with Gasteiger partial charge in [-0.2, -0.15) is 4.98 Å². The third-order valence-corrected chi connectivity index (χ3v) is 3.09. The van der Waals surface area contributed by atoms with Crippen molar-refractivity contribution in [2.45, 2.75) is 6.92 Å². The minimum atomic E-state index is 0.0868. The molecular weight excluding hydrogens is 224 g/mol. The number of aliphatic hydroxyl groups is 1. The molecular formula is C10H14N4OS. The van der Waals surface area contributed by atoms with Crippen LogP contribution < -0.4 is 10.6 Å². The highest BCUT2D eigenvalue weighted by molar-refractivity contribution is 7.18. The number of thiophene rings is 1. The topological polar surface area (TPSA) is 70.1 Å². The fraction of sp³-hybridized carbons (Fsp3) is 0.400. The van der Waals surface area contributed by atoms with Crippen molar-refractivity contribution in [1.29, 1.82) is 0 Å². The Morgan fingerprint density at radius 2 is 2.25 bits per heavy atom. The maximum Gasteiger partial charge on any atom is 0.225 e. The molecule has 0 aliphatic carbocycles. The van der Waals surface area contributed by atoms with E-state index in [2.05, 4.69) is 26.7 Å². The Kier molecular flexibility index (Phi) is 3.21. The summed E-state index contributed by atoms with van der Waals surface area (Å²) in [5.41, 5.74) is 0. The van der Waals surface area contributed by atoms with Gasteiger partial charge in [0.2, 0.25) is 5.95 Å². The number of rotatable bonds is 4. The van der Waals surface area contributed by atoms with Gasteiger partial charge in [0.05, 0.1) is 12.0 Å². The molecule has 2 aromatic heterocycles. The summed E-state index contributed by atoms with van der Waals surface area (Å²) in [5, 5.41) is 15.8. The number of hydrogen-bond donors (Lipinski definition) is 3. The third kappa shape index (κ3) is 2.07. The van der Waals surface area contributed by atoms with Gasteiger partial charge in [-0.3, -0.25) is 0 Å². The summed E-state index contributed by atoms with van der Waals surface area (Å²) >= 11 is 1.64. The first-order valence-corrected chi connectivity index (χ1v) is 5.87. The molecule has 16 heavy (non-hydrogen) atoms. The van der Waals surface area contributed by atoms with Crippen LogP contribution in [0, 0.1) is 6.92 Å². The molecule has 0 unspecified atom stereocenters. The van der Waals surface area contributed by atoms with E-state index in [4.69, 9.17) is 5.11 Å². The average molecular weight is 238 g/mol. The molecule has 5 nitrogen and oxygen atoms in total. The molecule has 2 rings (SSSR count). The highest BCUT2D eigenvalue weighted by Gasteiger charge is 2.09. The number of nitrogens with one attached hydrogen (secondary N) is 2. The number of nitrogens with zero attached hydrogens (tertiary/aromatic N) is 2. The molecule has 0 radical (unpaired) electrons. The minimum absolute atomic E-state index is 0.0868. The van der Waals surface area contributed by atoms with Crippen LogP contribution in [0.1, 0.15) is 4.88 Å². The number of aromatic nitrogens is 2. The first kappa shape index (κ1) is 11.1. The van der Waals surface area contributed by atoms with Crippen molar-refractivity contribution >= 4 is 33.3 Å². The second-order valence-electron chi connectivity index (χ2n) is 3.37. The van der Waals surface area contributed by atoms with E-state index >= 15 is 0 Å². The van der Waals surface area contributed by atoms with Crippen molar-refractivity contribution in [3.63, 3.8) is 0 Å². The molecule has 0 atom stereocenters. The molecule has 6 heteroatoms. The Morgan fingerprint density at radius 1 is 1.44 bits per heavy atom. The highest BCUT2D eigenvalue weighted by Crippen LogP contribution is 2.29. The van der Waals surface area contributed by atoms with E-state index in [1.807, 2.05) is 6.92 Å². The predicted molar refractivity (Wildman–Crippen MR) is 67.3 cm³/mol. The Hall–Kier alpha value is -1.40. The number of aliphatic hydroxyl groups excluding tert-OH is 1. The number of anilines is 2. The molecule has 0 saturated heterocycles. The second kappa shape index (κ2) is 4.63. The van der Waals surface area contributed by atoms with Gasteiger partial charge in [0.15, 0.2) is 0 Å². The predicted octanol–water partition coefficient (Wildman–Crippen LogP) is 1.45. The minimum Gasteiger partial charge on any atom is -0.395 e. The third-order valence-electron chi connectivity index (χ3n) is 2.14. The van der Waals surface area contributed by atoms with E-state index in [-0.39, 0.29) is 6.61 Å². The Labute approximate surface area is 97.5 Å². The second-order valence-corrected chi connectivity index (χ2v) is 4.61. The van der Waals surface area contributed by atoms with Crippen LogP contribution in [0.2, 0.25) is 0 Å². The standard InChI is InChI=1S/C10H14N4OS/c1-6-5-7-8(12-3-4-15)13-10(11-2)14-9(7)16-6/h5,15H,3-4H2,1-2H3,(H2,11,12,13,14). The maximum atomic E-state index is 8.81. The Morgan fingerprint density at radius 3 is 2.94 bits per heavy atom. The van der Waals surface area contributed by atoms with Gasteiger partial charge in [-0.25, -0.2) is 4.98 Å². The molecule has 0 spiro atoms. The number of hydrogen-bond acceptors (Lipinski definition) is 6. The van der Waals surface area contributed by atoms with Crippen LogP contribution >= 0.6 is 11.3 Å². The molecule has 0 bridgehead atoms. The lowest BCUT2D eigenvalue weighted by molar-refractivity contribution is 0.311. The van der Waals surface area contributed by atoms with Crippen molar-refractivity contribution in [3.05, 3.63) is 10.9 Å². The summed E-state index contributed by atoms with van der Waals surface area (Å²) in [6, 6.07) is 2.05. The van der Waals surface area contributed by atoms with Gasteiger partial charge in [0.25, 0.3) is 0 Å². The zero-order valence-electron chi connectivity index (χ0n) is 9.24. The maximum absolute atomic E-state index is 8.81. The summed E-state index contributed by atoms with van der Waals surface area (Å²) in [6.45, 7) is 2.62. The summed E-state index contributed by atoms with van der Waals surface area (Å²) < 4.78 is 0. The van der Waals surface area contributed by atoms with Crippen molar-refractivity contribution in [3.8, 4) is 0 Å². The van der Waals surface area contributed by atoms with E-state index in [1.54, 1.807) is 18.4 Å². The molecule has 86 valence electrons. The summed E-state index contributed by atoms with van der Waals surface area (Å²) in [7, 11) is 1.79. The van der Waals surface area contributed by atoms with Crippen LogP contribution in [0.15, 0.2) is 6.07 Å². The van der Waals surface area contributed by atoms with E-state index in [0.29, 0.717) is 12.5 Å². The summed E-state index contributed by atoms with van der Waals surface area (Å²) in [6.07, 6.45) is 0. The fourth-order valence-electron chi connectivity index (χ4n) is 1.46. The Bertz CT molecular complexity index is 497. The fourth-order valence-corrected chi connectivity index (χ4v) is 2.34. The first-order chi connectivity index (χ1) is 7.74. The molecule has 0 aromatic carbocycles. The summed E-state index contributed by atoms with van der Waals surface area (Å²) in [5.74, 6) is 1.36. The zero-order valence-corrected chi connectivity index (χ0v) is 10.1. The van der Waals surface area contributed by atoms with Crippen molar-refractivity contribution in [2.24, 2.45) is 0 Å². The normalized spacial score (nSPS) is 10.7. The molecule has 0 aliphatic rings. The van der Waals surface area contributed by atoms with Gasteiger partial charge in [-0.15, -0.1) is 11.3 Å². The van der Waals surface area contributed by atoms with E-state index in [9.17, 15) is 0 Å². The molecule has 0 aliphatic heterocycles. The van der Waals surface area contributed by atoms with Crippen molar-refractivity contribution in [2.75, 3.05) is 30.8 Å². The van der Waals surface area contributed by atoms with Crippen LogP contribution in [0.5, 0.6) is 0 Å². The van der Waals surface area contributed by atoms with E-state index in [0.717, 1.165) is 16.0 Å². The average Bonchev–Trinajstić information content (AvgIpc) is 2.65. The van der Waals surface area contributed by atoms with Gasteiger partial charge in [0, 0.05) is 18.5 Å². The monoisotopic (exact) mass is 238 g/mol.